The summed E-state index contributed by atoms with van der Waals surface area (Å²) in [6, 6.07) is 7.98. The van der Waals surface area contributed by atoms with E-state index in [1.807, 2.05) is 0 Å². The SMILES string of the molecule is C=C(/C=C\C(=C/C)N(C1=C(c2cc(CC(F)(F)F)cc(C(F)(F)F)c2)C=C(C(F)(F)F)CC=C1)c1ccc(OC)cc1)OC. The molecule has 2 aromatic carbocycles. The van der Waals surface area contributed by atoms with Crippen molar-refractivity contribution in [3.05, 3.63) is 125 Å². The fraction of sp³-hybridized carbons (Fsp3) is 0.250. The first-order valence-corrected chi connectivity index (χ1v) is 12.9. The van der Waals surface area contributed by atoms with Gasteiger partial charge in [0.15, 0.2) is 0 Å². The molecule has 0 saturated heterocycles. The fourth-order valence-electron chi connectivity index (χ4n) is 4.37. The van der Waals surface area contributed by atoms with Gasteiger partial charge in [-0.05, 0) is 85.2 Å². The number of rotatable bonds is 9. The first-order chi connectivity index (χ1) is 20.5. The molecule has 44 heavy (non-hydrogen) atoms. The van der Waals surface area contributed by atoms with Gasteiger partial charge < -0.3 is 14.4 Å². The highest BCUT2D eigenvalue weighted by Gasteiger charge is 2.36. The molecule has 0 N–H and O–H groups in total. The number of alkyl halides is 9. The summed E-state index contributed by atoms with van der Waals surface area (Å²) in [5.74, 6) is 0.664. The van der Waals surface area contributed by atoms with Crippen LogP contribution < -0.4 is 9.64 Å². The lowest BCUT2D eigenvalue weighted by molar-refractivity contribution is -0.138. The van der Waals surface area contributed by atoms with E-state index in [-0.39, 0.29) is 17.0 Å². The molecule has 0 aliphatic heterocycles. The molecule has 1 aliphatic rings. The van der Waals surface area contributed by atoms with Crippen molar-refractivity contribution in [1.82, 2.24) is 0 Å². The number of anilines is 1. The van der Waals surface area contributed by atoms with Crippen molar-refractivity contribution in [2.75, 3.05) is 19.1 Å². The van der Waals surface area contributed by atoms with Crippen LogP contribution in [0.2, 0.25) is 0 Å². The number of ether oxygens (including phenoxy) is 2. The molecule has 0 atom stereocenters. The largest absolute Gasteiger partial charge is 0.497 e. The molecular formula is C32H28F9NO2. The molecule has 3 rings (SSSR count). The Bertz CT molecular complexity index is 1500. The van der Waals surface area contributed by atoms with Gasteiger partial charge in [-0.25, -0.2) is 0 Å². The van der Waals surface area contributed by atoms with Crippen LogP contribution in [0.4, 0.5) is 45.2 Å². The third-order valence-corrected chi connectivity index (χ3v) is 6.44. The molecule has 0 saturated carbocycles. The van der Waals surface area contributed by atoms with E-state index in [0.717, 1.165) is 6.07 Å². The normalized spacial score (nSPS) is 14.9. The van der Waals surface area contributed by atoms with Gasteiger partial charge in [0.2, 0.25) is 0 Å². The maximum Gasteiger partial charge on any atom is 0.416 e. The maximum atomic E-state index is 14.1. The Morgan fingerprint density at radius 2 is 1.57 bits per heavy atom. The monoisotopic (exact) mass is 629 g/mol. The Morgan fingerprint density at radius 3 is 2.09 bits per heavy atom. The van der Waals surface area contributed by atoms with E-state index in [1.165, 1.54) is 43.4 Å². The second-order valence-electron chi connectivity index (χ2n) is 9.53. The van der Waals surface area contributed by atoms with E-state index < -0.39 is 53.6 Å². The summed E-state index contributed by atoms with van der Waals surface area (Å²) in [7, 11) is 2.79. The van der Waals surface area contributed by atoms with Gasteiger partial charge >= 0.3 is 18.5 Å². The average Bonchev–Trinajstić information content (AvgIpc) is 3.17. The molecule has 12 heteroatoms. The van der Waals surface area contributed by atoms with Crippen molar-refractivity contribution < 1.29 is 49.0 Å². The molecule has 0 heterocycles. The summed E-state index contributed by atoms with van der Waals surface area (Å²) < 4.78 is 134. The Balaban J connectivity index is 2.48. The van der Waals surface area contributed by atoms with E-state index >= 15 is 0 Å². The molecule has 0 radical (unpaired) electrons. The molecule has 236 valence electrons. The van der Waals surface area contributed by atoms with Crippen LogP contribution in [-0.4, -0.2) is 26.6 Å². The fourth-order valence-corrected chi connectivity index (χ4v) is 4.37. The number of halogens is 9. The summed E-state index contributed by atoms with van der Waals surface area (Å²) in [6.45, 7) is 5.32. The predicted molar refractivity (Wildman–Crippen MR) is 151 cm³/mol. The Hall–Kier alpha value is -4.35. The molecule has 2 aromatic rings. The van der Waals surface area contributed by atoms with E-state index in [1.54, 1.807) is 37.3 Å². The van der Waals surface area contributed by atoms with Crippen LogP contribution in [0.3, 0.4) is 0 Å². The molecule has 0 bridgehead atoms. The van der Waals surface area contributed by atoms with Crippen LogP contribution in [0, 0.1) is 0 Å². The van der Waals surface area contributed by atoms with E-state index in [9.17, 15) is 39.5 Å². The quantitative estimate of drug-likeness (QED) is 0.157. The molecule has 0 aromatic heterocycles. The Morgan fingerprint density at radius 1 is 0.909 bits per heavy atom. The van der Waals surface area contributed by atoms with Crippen molar-refractivity contribution in [3.8, 4) is 5.75 Å². The Labute approximate surface area is 248 Å². The van der Waals surface area contributed by atoms with E-state index in [0.29, 0.717) is 35.3 Å². The molecule has 0 unspecified atom stereocenters. The van der Waals surface area contributed by atoms with Gasteiger partial charge in [-0.2, -0.15) is 39.5 Å². The molecule has 0 spiro atoms. The topological polar surface area (TPSA) is 21.7 Å². The third kappa shape index (κ3) is 8.84. The maximum absolute atomic E-state index is 14.1. The van der Waals surface area contributed by atoms with Crippen molar-refractivity contribution in [3.63, 3.8) is 0 Å². The summed E-state index contributed by atoms with van der Waals surface area (Å²) >= 11 is 0. The van der Waals surface area contributed by atoms with Gasteiger partial charge in [-0.15, -0.1) is 0 Å². The van der Waals surface area contributed by atoms with Gasteiger partial charge in [0, 0.05) is 22.5 Å². The zero-order chi connectivity index (χ0) is 32.9. The van der Waals surface area contributed by atoms with Crippen LogP contribution >= 0.6 is 0 Å². The van der Waals surface area contributed by atoms with Crippen LogP contribution in [0.5, 0.6) is 5.75 Å². The minimum absolute atomic E-state index is 0.0347. The van der Waals surface area contributed by atoms with Crippen LogP contribution in [0.15, 0.2) is 108 Å². The first kappa shape index (κ1) is 34.1. The number of hydrogen-bond acceptors (Lipinski definition) is 3. The molecule has 0 amide bonds. The van der Waals surface area contributed by atoms with Gasteiger partial charge in [-0.3, -0.25) is 0 Å². The second kappa shape index (κ2) is 13.5. The molecule has 1 aliphatic carbocycles. The zero-order valence-corrected chi connectivity index (χ0v) is 23.8. The number of benzene rings is 2. The zero-order valence-electron chi connectivity index (χ0n) is 23.8. The lowest BCUT2D eigenvalue weighted by atomic mass is 9.94. The van der Waals surface area contributed by atoms with Crippen molar-refractivity contribution in [2.24, 2.45) is 0 Å². The van der Waals surface area contributed by atoms with Crippen molar-refractivity contribution in [2.45, 2.75) is 38.3 Å². The van der Waals surface area contributed by atoms with Crippen molar-refractivity contribution >= 4 is 11.3 Å². The van der Waals surface area contributed by atoms with Gasteiger partial charge in [0.1, 0.15) is 11.5 Å². The summed E-state index contributed by atoms with van der Waals surface area (Å²) in [5.41, 5.74) is -3.51. The van der Waals surface area contributed by atoms with Gasteiger partial charge in [0.05, 0.1) is 31.9 Å². The minimum Gasteiger partial charge on any atom is -0.497 e. The highest BCUT2D eigenvalue weighted by atomic mass is 19.4. The number of allylic oxidation sites excluding steroid dienone is 8. The van der Waals surface area contributed by atoms with Crippen LogP contribution in [0.25, 0.3) is 5.57 Å². The van der Waals surface area contributed by atoms with Crippen LogP contribution in [-0.2, 0) is 17.3 Å². The highest BCUT2D eigenvalue weighted by Crippen LogP contribution is 2.41. The van der Waals surface area contributed by atoms with E-state index in [2.05, 4.69) is 6.58 Å². The first-order valence-electron chi connectivity index (χ1n) is 12.9. The third-order valence-electron chi connectivity index (χ3n) is 6.44. The smallest absolute Gasteiger partial charge is 0.416 e. The highest BCUT2D eigenvalue weighted by molar-refractivity contribution is 5.85. The Kier molecular flexibility index (Phi) is 10.5. The lowest BCUT2D eigenvalue weighted by Gasteiger charge is -2.29. The molecule has 0 fully saturated rings. The van der Waals surface area contributed by atoms with Gasteiger partial charge in [-0.1, -0.05) is 24.8 Å². The summed E-state index contributed by atoms with van der Waals surface area (Å²) in [5, 5.41) is 0. The number of hydrogen-bond donors (Lipinski definition) is 0. The standard InChI is InChI=1S/C32H28F9NO2/c1-5-25(10-9-20(2)43-3)42(26-11-13-27(44-4)14-12-26)29-8-6-7-23(31(36,37)38)18-28(29)22-15-21(19-30(33,34)35)16-24(17-22)32(39,40)41/h5-6,8-18H,2,7,19H2,1,3-4H3/b10-9-,25-5+. The number of nitrogens with zero attached hydrogens (tertiary/aromatic N) is 1. The summed E-state index contributed by atoms with van der Waals surface area (Å²) in [4.78, 5) is 1.46. The molecular weight excluding hydrogens is 601 g/mol. The average molecular weight is 630 g/mol. The van der Waals surface area contributed by atoms with Gasteiger partial charge in [0.25, 0.3) is 0 Å². The predicted octanol–water partition coefficient (Wildman–Crippen LogP) is 10.1. The molecule has 3 nitrogen and oxygen atoms in total. The lowest BCUT2D eigenvalue weighted by Crippen LogP contribution is -2.21. The van der Waals surface area contributed by atoms with E-state index in [4.69, 9.17) is 9.47 Å². The number of methoxy groups -OCH3 is 2. The van der Waals surface area contributed by atoms with Crippen LogP contribution in [0.1, 0.15) is 30.0 Å². The minimum atomic E-state index is -5.08. The van der Waals surface area contributed by atoms with Crippen molar-refractivity contribution in [1.29, 1.82) is 0 Å². The summed E-state index contributed by atoms with van der Waals surface area (Å²) in [6.07, 6.45) is -9.47. The second-order valence-corrected chi connectivity index (χ2v) is 9.53.